The highest BCUT2D eigenvalue weighted by molar-refractivity contribution is 7.98. The lowest BCUT2D eigenvalue weighted by atomic mass is 9.86. The molecule has 0 aliphatic heterocycles. The molecule has 21 heavy (non-hydrogen) atoms. The SMILES string of the molecule is CSc1ccc(-c2noc(CC3CCCCC3=O)n2)cc1. The Morgan fingerprint density at radius 1 is 1.29 bits per heavy atom. The second-order valence-corrected chi connectivity index (χ2v) is 6.23. The quantitative estimate of drug-likeness (QED) is 0.805. The van der Waals surface area contributed by atoms with Crippen molar-refractivity contribution in [3.8, 4) is 11.4 Å². The molecule has 0 radical (unpaired) electrons. The number of benzene rings is 1. The lowest BCUT2D eigenvalue weighted by molar-refractivity contribution is -0.124. The molecule has 1 aromatic carbocycles. The number of hydrogen-bond donors (Lipinski definition) is 0. The van der Waals surface area contributed by atoms with Gasteiger partial charge in [-0.1, -0.05) is 11.6 Å². The molecule has 3 rings (SSSR count). The number of carbonyl (C=O) groups is 1. The number of nitrogens with zero attached hydrogens (tertiary/aromatic N) is 2. The summed E-state index contributed by atoms with van der Waals surface area (Å²) in [6.07, 6.45) is 6.40. The third kappa shape index (κ3) is 3.35. The summed E-state index contributed by atoms with van der Waals surface area (Å²) in [5.74, 6) is 1.57. The molecular weight excluding hydrogens is 284 g/mol. The van der Waals surface area contributed by atoms with E-state index in [-0.39, 0.29) is 5.92 Å². The number of ketones is 1. The predicted octanol–water partition coefficient (Wildman–Crippen LogP) is 3.76. The van der Waals surface area contributed by atoms with Gasteiger partial charge in [-0.2, -0.15) is 4.98 Å². The maximum absolute atomic E-state index is 11.9. The van der Waals surface area contributed by atoms with Crippen LogP contribution in [0.1, 0.15) is 31.6 Å². The van der Waals surface area contributed by atoms with Crippen LogP contribution in [0.4, 0.5) is 0 Å². The molecule has 1 saturated carbocycles. The van der Waals surface area contributed by atoms with Crippen molar-refractivity contribution in [2.24, 2.45) is 5.92 Å². The minimum absolute atomic E-state index is 0.0610. The highest BCUT2D eigenvalue weighted by Crippen LogP contribution is 2.25. The Bertz CT molecular complexity index is 621. The van der Waals surface area contributed by atoms with Gasteiger partial charge in [0.2, 0.25) is 11.7 Å². The number of carbonyl (C=O) groups excluding carboxylic acids is 1. The molecule has 1 atom stereocenters. The monoisotopic (exact) mass is 302 g/mol. The van der Waals surface area contributed by atoms with Gasteiger partial charge in [0.05, 0.1) is 0 Å². The predicted molar refractivity (Wildman–Crippen MR) is 82.2 cm³/mol. The number of rotatable bonds is 4. The van der Waals surface area contributed by atoms with Gasteiger partial charge in [-0.25, -0.2) is 0 Å². The Morgan fingerprint density at radius 2 is 2.10 bits per heavy atom. The van der Waals surface area contributed by atoms with Crippen LogP contribution < -0.4 is 0 Å². The van der Waals surface area contributed by atoms with Crippen LogP contribution in [-0.2, 0) is 11.2 Å². The van der Waals surface area contributed by atoms with Crippen molar-refractivity contribution in [1.82, 2.24) is 10.1 Å². The molecule has 0 N–H and O–H groups in total. The maximum atomic E-state index is 11.9. The van der Waals surface area contributed by atoms with Gasteiger partial charge in [-0.15, -0.1) is 11.8 Å². The van der Waals surface area contributed by atoms with E-state index in [4.69, 9.17) is 4.52 Å². The third-order valence-corrected chi connectivity index (χ3v) is 4.66. The second kappa shape index (κ2) is 6.43. The Labute approximate surface area is 128 Å². The van der Waals surface area contributed by atoms with Gasteiger partial charge < -0.3 is 4.52 Å². The van der Waals surface area contributed by atoms with E-state index in [0.717, 1.165) is 24.8 Å². The van der Waals surface area contributed by atoms with Gasteiger partial charge in [-0.05, 0) is 43.4 Å². The molecule has 0 bridgehead atoms. The van der Waals surface area contributed by atoms with Crippen LogP contribution >= 0.6 is 11.8 Å². The van der Waals surface area contributed by atoms with Crippen molar-refractivity contribution < 1.29 is 9.32 Å². The molecule has 0 saturated heterocycles. The molecule has 110 valence electrons. The standard InChI is InChI=1S/C16H18N2O2S/c1-21-13-8-6-11(7-9-13)16-17-15(20-18-16)10-12-4-2-3-5-14(12)19/h6-9,12H,2-5,10H2,1H3. The average molecular weight is 302 g/mol. The third-order valence-electron chi connectivity index (χ3n) is 3.92. The number of thioether (sulfide) groups is 1. The lowest BCUT2D eigenvalue weighted by Crippen LogP contribution is -2.21. The van der Waals surface area contributed by atoms with E-state index in [1.54, 1.807) is 11.8 Å². The Balaban J connectivity index is 1.71. The Morgan fingerprint density at radius 3 is 2.81 bits per heavy atom. The minimum Gasteiger partial charge on any atom is -0.339 e. The Hall–Kier alpha value is -1.62. The topological polar surface area (TPSA) is 56.0 Å². The summed E-state index contributed by atoms with van der Waals surface area (Å²) in [4.78, 5) is 17.5. The molecule has 1 aromatic heterocycles. The van der Waals surface area contributed by atoms with Crippen LogP contribution in [0.15, 0.2) is 33.7 Å². The Kier molecular flexibility index (Phi) is 4.39. The lowest BCUT2D eigenvalue weighted by Gasteiger charge is -2.18. The first-order valence-corrected chi connectivity index (χ1v) is 8.48. The molecule has 0 amide bonds. The zero-order valence-corrected chi connectivity index (χ0v) is 12.9. The number of aromatic nitrogens is 2. The highest BCUT2D eigenvalue weighted by Gasteiger charge is 2.24. The van der Waals surface area contributed by atoms with Crippen molar-refractivity contribution in [1.29, 1.82) is 0 Å². The van der Waals surface area contributed by atoms with Crippen molar-refractivity contribution in [2.75, 3.05) is 6.26 Å². The van der Waals surface area contributed by atoms with Crippen LogP contribution in [0.2, 0.25) is 0 Å². The van der Waals surface area contributed by atoms with Crippen LogP contribution in [0.25, 0.3) is 11.4 Å². The molecule has 1 fully saturated rings. The largest absolute Gasteiger partial charge is 0.339 e. The summed E-state index contributed by atoms with van der Waals surface area (Å²) >= 11 is 1.70. The molecule has 1 heterocycles. The highest BCUT2D eigenvalue weighted by atomic mass is 32.2. The van der Waals surface area contributed by atoms with Crippen molar-refractivity contribution in [2.45, 2.75) is 37.0 Å². The molecule has 0 spiro atoms. The van der Waals surface area contributed by atoms with E-state index in [1.807, 2.05) is 30.5 Å². The first-order chi connectivity index (χ1) is 10.3. The van der Waals surface area contributed by atoms with Gasteiger partial charge in [0.1, 0.15) is 5.78 Å². The maximum Gasteiger partial charge on any atom is 0.227 e. The van der Waals surface area contributed by atoms with Gasteiger partial charge in [0.15, 0.2) is 0 Å². The molecule has 1 aliphatic rings. The fourth-order valence-electron chi connectivity index (χ4n) is 2.68. The molecular formula is C16H18N2O2S. The van der Waals surface area contributed by atoms with Gasteiger partial charge in [0, 0.05) is 29.2 Å². The van der Waals surface area contributed by atoms with Crippen LogP contribution in [-0.4, -0.2) is 22.2 Å². The summed E-state index contributed by atoms with van der Waals surface area (Å²) in [6.45, 7) is 0. The van der Waals surface area contributed by atoms with Crippen LogP contribution in [0.5, 0.6) is 0 Å². The van der Waals surface area contributed by atoms with E-state index in [1.165, 1.54) is 4.90 Å². The zero-order chi connectivity index (χ0) is 14.7. The first-order valence-electron chi connectivity index (χ1n) is 7.26. The summed E-state index contributed by atoms with van der Waals surface area (Å²) in [5.41, 5.74) is 0.942. The molecule has 4 nitrogen and oxygen atoms in total. The van der Waals surface area contributed by atoms with E-state index >= 15 is 0 Å². The van der Waals surface area contributed by atoms with Gasteiger partial charge in [0.25, 0.3) is 0 Å². The van der Waals surface area contributed by atoms with Crippen molar-refractivity contribution >= 4 is 17.5 Å². The second-order valence-electron chi connectivity index (χ2n) is 5.35. The van der Waals surface area contributed by atoms with E-state index < -0.39 is 0 Å². The molecule has 5 heteroatoms. The molecule has 1 unspecified atom stereocenters. The average Bonchev–Trinajstić information content (AvgIpc) is 2.98. The normalized spacial score (nSPS) is 18.9. The van der Waals surface area contributed by atoms with Crippen molar-refractivity contribution in [3.05, 3.63) is 30.2 Å². The van der Waals surface area contributed by atoms with E-state index in [0.29, 0.717) is 30.3 Å². The van der Waals surface area contributed by atoms with E-state index in [2.05, 4.69) is 10.1 Å². The number of Topliss-reactive ketones (excluding diaryl/α,β-unsaturated/α-hetero) is 1. The fraction of sp³-hybridized carbons (Fsp3) is 0.438. The summed E-state index contributed by atoms with van der Waals surface area (Å²) in [5, 5.41) is 4.03. The smallest absolute Gasteiger partial charge is 0.227 e. The molecule has 2 aromatic rings. The molecule has 1 aliphatic carbocycles. The van der Waals surface area contributed by atoms with E-state index in [9.17, 15) is 4.79 Å². The summed E-state index contributed by atoms with van der Waals surface area (Å²) in [6, 6.07) is 8.07. The summed E-state index contributed by atoms with van der Waals surface area (Å²) in [7, 11) is 0. The van der Waals surface area contributed by atoms with Gasteiger partial charge >= 0.3 is 0 Å². The van der Waals surface area contributed by atoms with Gasteiger partial charge in [-0.3, -0.25) is 4.79 Å². The van der Waals surface area contributed by atoms with Crippen LogP contribution in [0, 0.1) is 5.92 Å². The van der Waals surface area contributed by atoms with Crippen LogP contribution in [0.3, 0.4) is 0 Å². The first kappa shape index (κ1) is 14.3. The zero-order valence-electron chi connectivity index (χ0n) is 12.0. The summed E-state index contributed by atoms with van der Waals surface area (Å²) < 4.78 is 5.31. The van der Waals surface area contributed by atoms with Crippen molar-refractivity contribution in [3.63, 3.8) is 0 Å². The number of hydrogen-bond acceptors (Lipinski definition) is 5. The minimum atomic E-state index is 0.0610. The fourth-order valence-corrected chi connectivity index (χ4v) is 3.09.